The number of alkyl halides is 3. The number of hydrogen-bond donors (Lipinski definition) is 2. The molecule has 0 saturated carbocycles. The molecule has 0 radical (unpaired) electrons. The first-order chi connectivity index (χ1) is 11.9. The van der Waals surface area contributed by atoms with E-state index in [0.717, 1.165) is 12.1 Å². The zero-order valence-corrected chi connectivity index (χ0v) is 14.9. The molecule has 6 nitrogen and oxygen atoms in total. The molecule has 1 saturated heterocycles. The molecule has 1 aromatic heterocycles. The topological polar surface area (TPSA) is 82.9 Å². The minimum absolute atomic E-state index is 0.179. The molecule has 0 bridgehead atoms. The normalized spacial score (nSPS) is 21.6. The number of rotatable bonds is 2. The van der Waals surface area contributed by atoms with E-state index >= 15 is 0 Å². The van der Waals surface area contributed by atoms with Crippen LogP contribution in [0.4, 0.5) is 18.0 Å². The van der Waals surface area contributed by atoms with E-state index in [-0.39, 0.29) is 17.8 Å². The second-order valence-electron chi connectivity index (χ2n) is 7.22. The number of ether oxygens (including phenoxy) is 1. The van der Waals surface area contributed by atoms with Crippen LogP contribution in [0.25, 0.3) is 0 Å². The van der Waals surface area contributed by atoms with Gasteiger partial charge in [0, 0.05) is 12.1 Å². The van der Waals surface area contributed by atoms with Crippen LogP contribution in [-0.4, -0.2) is 44.4 Å². The van der Waals surface area contributed by atoms with Crippen LogP contribution in [0, 0.1) is 0 Å². The fraction of sp³-hybridized carbons (Fsp3) is 0.647. The third kappa shape index (κ3) is 4.64. The van der Waals surface area contributed by atoms with Gasteiger partial charge in [0.25, 0.3) is 0 Å². The van der Waals surface area contributed by atoms with Crippen molar-refractivity contribution in [3.63, 3.8) is 0 Å². The van der Waals surface area contributed by atoms with Crippen LogP contribution in [0.1, 0.15) is 56.6 Å². The predicted molar refractivity (Wildman–Crippen MR) is 86.1 cm³/mol. The number of amides is 1. The maximum absolute atomic E-state index is 12.9. The second kappa shape index (κ2) is 7.40. The van der Waals surface area contributed by atoms with Crippen molar-refractivity contribution in [1.29, 1.82) is 0 Å². The Morgan fingerprint density at radius 3 is 2.54 bits per heavy atom. The number of hydrogen-bond acceptors (Lipinski definition) is 5. The smallest absolute Gasteiger partial charge is 0.433 e. The molecule has 2 atom stereocenters. The van der Waals surface area contributed by atoms with Crippen molar-refractivity contribution in [2.75, 3.05) is 6.54 Å². The van der Waals surface area contributed by atoms with Crippen molar-refractivity contribution in [1.82, 2.24) is 9.88 Å². The molecule has 2 N–H and O–H groups in total. The number of pyridine rings is 1. The number of halogens is 3. The van der Waals surface area contributed by atoms with Crippen molar-refractivity contribution in [3.8, 4) is 0 Å². The Bertz CT molecular complexity index is 658. The van der Waals surface area contributed by atoms with Crippen LogP contribution in [-0.2, 0) is 17.5 Å². The molecule has 1 amide bonds. The molecule has 1 aromatic rings. The first kappa shape index (κ1) is 20.4. The first-order valence-electron chi connectivity index (χ1n) is 8.29. The van der Waals surface area contributed by atoms with Gasteiger partial charge in [-0.05, 0) is 39.7 Å². The van der Waals surface area contributed by atoms with Crippen molar-refractivity contribution in [2.24, 2.45) is 0 Å². The van der Waals surface area contributed by atoms with Crippen LogP contribution in [0.2, 0.25) is 0 Å². The van der Waals surface area contributed by atoms with Gasteiger partial charge in [0.1, 0.15) is 11.3 Å². The van der Waals surface area contributed by atoms with Gasteiger partial charge in [-0.25, -0.2) is 9.78 Å². The van der Waals surface area contributed by atoms with E-state index in [1.54, 1.807) is 20.8 Å². The lowest BCUT2D eigenvalue weighted by Gasteiger charge is -2.40. The van der Waals surface area contributed by atoms with Gasteiger partial charge in [0.2, 0.25) is 0 Å². The molecule has 26 heavy (non-hydrogen) atoms. The lowest BCUT2D eigenvalue weighted by Crippen LogP contribution is -2.47. The number of piperidine rings is 1. The van der Waals surface area contributed by atoms with Crippen molar-refractivity contribution < 1.29 is 32.9 Å². The minimum Gasteiger partial charge on any atom is -0.444 e. The first-order valence-corrected chi connectivity index (χ1v) is 8.29. The summed E-state index contributed by atoms with van der Waals surface area (Å²) >= 11 is 0. The fourth-order valence-electron chi connectivity index (χ4n) is 2.94. The minimum atomic E-state index is -4.65. The second-order valence-corrected chi connectivity index (χ2v) is 7.22. The Labute approximate surface area is 149 Å². The number of carbonyl (C=O) groups excluding carboxylic acids is 1. The zero-order valence-electron chi connectivity index (χ0n) is 14.9. The van der Waals surface area contributed by atoms with E-state index in [1.807, 2.05) is 0 Å². The van der Waals surface area contributed by atoms with Crippen LogP contribution < -0.4 is 0 Å². The summed E-state index contributed by atoms with van der Waals surface area (Å²) in [5, 5.41) is 19.9. The number of aromatic nitrogens is 1. The predicted octanol–water partition coefficient (Wildman–Crippen LogP) is 3.03. The highest BCUT2D eigenvalue weighted by atomic mass is 19.4. The van der Waals surface area contributed by atoms with Crippen LogP contribution in [0.5, 0.6) is 0 Å². The van der Waals surface area contributed by atoms with Gasteiger partial charge in [-0.2, -0.15) is 13.2 Å². The van der Waals surface area contributed by atoms with E-state index in [4.69, 9.17) is 4.74 Å². The van der Waals surface area contributed by atoms with Gasteiger partial charge in [0.05, 0.1) is 24.4 Å². The molecule has 0 unspecified atom stereocenters. The summed E-state index contributed by atoms with van der Waals surface area (Å²) in [6.45, 7) is 4.62. The summed E-state index contributed by atoms with van der Waals surface area (Å²) in [7, 11) is 0. The Kier molecular flexibility index (Phi) is 5.82. The largest absolute Gasteiger partial charge is 0.444 e. The van der Waals surface area contributed by atoms with Gasteiger partial charge in [-0.3, -0.25) is 4.90 Å². The Morgan fingerprint density at radius 1 is 1.35 bits per heavy atom. The van der Waals surface area contributed by atoms with E-state index < -0.39 is 42.3 Å². The molecule has 146 valence electrons. The van der Waals surface area contributed by atoms with Crippen molar-refractivity contribution >= 4 is 6.09 Å². The molecular weight excluding hydrogens is 353 g/mol. The molecule has 9 heteroatoms. The monoisotopic (exact) mass is 376 g/mol. The molecule has 1 aliphatic heterocycles. The van der Waals surface area contributed by atoms with E-state index in [1.165, 1.54) is 4.90 Å². The third-order valence-corrected chi connectivity index (χ3v) is 4.00. The summed E-state index contributed by atoms with van der Waals surface area (Å²) in [4.78, 5) is 17.3. The van der Waals surface area contributed by atoms with E-state index in [2.05, 4.69) is 4.98 Å². The van der Waals surface area contributed by atoms with Gasteiger partial charge in [-0.15, -0.1) is 0 Å². The molecular formula is C17H23F3N2O4. The summed E-state index contributed by atoms with van der Waals surface area (Å²) in [6, 6.07) is 0.997. The van der Waals surface area contributed by atoms with Gasteiger partial charge < -0.3 is 14.9 Å². The Morgan fingerprint density at radius 2 is 2.00 bits per heavy atom. The lowest BCUT2D eigenvalue weighted by atomic mass is 9.91. The number of carbonyl (C=O) groups is 1. The van der Waals surface area contributed by atoms with E-state index in [0.29, 0.717) is 12.8 Å². The third-order valence-electron chi connectivity index (χ3n) is 4.00. The maximum Gasteiger partial charge on any atom is 0.433 e. The zero-order chi connectivity index (χ0) is 19.7. The van der Waals surface area contributed by atoms with Crippen LogP contribution >= 0.6 is 0 Å². The number of aliphatic hydroxyl groups is 2. The number of likely N-dealkylation sites (tertiary alicyclic amines) is 1. The van der Waals surface area contributed by atoms with Crippen LogP contribution in [0.3, 0.4) is 0 Å². The number of aliphatic hydroxyl groups excluding tert-OH is 2. The van der Waals surface area contributed by atoms with Gasteiger partial charge >= 0.3 is 12.3 Å². The fourth-order valence-corrected chi connectivity index (χ4v) is 2.94. The van der Waals surface area contributed by atoms with Gasteiger partial charge in [-0.1, -0.05) is 6.07 Å². The summed E-state index contributed by atoms with van der Waals surface area (Å²) in [5.41, 5.74) is -1.94. The Hall–Kier alpha value is -1.87. The average molecular weight is 376 g/mol. The van der Waals surface area contributed by atoms with Crippen LogP contribution in [0.15, 0.2) is 12.1 Å². The summed E-state index contributed by atoms with van der Waals surface area (Å²) in [5.74, 6) is 0. The molecule has 1 aliphatic rings. The molecule has 1 fully saturated rings. The highest BCUT2D eigenvalue weighted by Gasteiger charge is 2.39. The van der Waals surface area contributed by atoms with Crippen molar-refractivity contribution in [2.45, 2.75) is 64.1 Å². The highest BCUT2D eigenvalue weighted by Crippen LogP contribution is 2.36. The average Bonchev–Trinajstić information content (AvgIpc) is 2.51. The van der Waals surface area contributed by atoms with Crippen molar-refractivity contribution in [3.05, 3.63) is 29.1 Å². The van der Waals surface area contributed by atoms with E-state index in [9.17, 15) is 28.2 Å². The maximum atomic E-state index is 12.9. The Balaban J connectivity index is 2.42. The molecule has 2 rings (SSSR count). The quantitative estimate of drug-likeness (QED) is 0.829. The molecule has 0 aromatic carbocycles. The summed E-state index contributed by atoms with van der Waals surface area (Å²) < 4.78 is 43.9. The standard InChI is InChI=1S/C17H23F3N2O4/c1-16(2,3)26-15(25)22-8-4-5-12(24)14(22)10-6-7-13(17(18,19)20)21-11(10)9-23/h6-7,12,14,23-24H,4-5,8-9H2,1-3H3/t12-,14-/m0/s1. The van der Waals surface area contributed by atoms with Gasteiger partial charge in [0.15, 0.2) is 0 Å². The molecule has 2 heterocycles. The summed E-state index contributed by atoms with van der Waals surface area (Å²) in [6.07, 6.45) is -5.43. The molecule has 0 spiro atoms. The molecule has 0 aliphatic carbocycles. The number of nitrogens with zero attached hydrogens (tertiary/aromatic N) is 2. The highest BCUT2D eigenvalue weighted by molar-refractivity contribution is 5.69. The SMILES string of the molecule is CC(C)(C)OC(=O)N1CCC[C@H](O)[C@@H]1c1ccc(C(F)(F)F)nc1CO. The lowest BCUT2D eigenvalue weighted by molar-refractivity contribution is -0.141.